The zero-order chi connectivity index (χ0) is 12.3. The summed E-state index contributed by atoms with van der Waals surface area (Å²) in [6.07, 6.45) is 4.58. The Bertz CT molecular complexity index is 419. The third-order valence-corrected chi connectivity index (χ3v) is 2.80. The fourth-order valence-corrected chi connectivity index (χ4v) is 1.70. The average molecular weight is 237 g/mol. The fraction of sp³-hybridized carbons (Fsp3) is 0.600. The Kier molecular flexibility index (Phi) is 3.36. The molecule has 2 N–H and O–H groups in total. The molecule has 17 heavy (non-hydrogen) atoms. The van der Waals surface area contributed by atoms with Gasteiger partial charge in [0.05, 0.1) is 4.92 Å². The quantitative estimate of drug-likeness (QED) is 0.599. The Labute approximate surface area is 98.8 Å². The Morgan fingerprint density at radius 3 is 2.71 bits per heavy atom. The highest BCUT2D eigenvalue weighted by Gasteiger charge is 2.26. The zero-order valence-corrected chi connectivity index (χ0v) is 9.64. The molecule has 1 heterocycles. The lowest BCUT2D eigenvalue weighted by atomic mass is 9.93. The molecule has 0 saturated heterocycles. The van der Waals surface area contributed by atoms with E-state index in [2.05, 4.69) is 20.6 Å². The number of hydrogen-bond acceptors (Lipinski definition) is 6. The van der Waals surface area contributed by atoms with Gasteiger partial charge >= 0.3 is 5.69 Å². The molecule has 0 atom stereocenters. The van der Waals surface area contributed by atoms with Crippen molar-refractivity contribution in [2.24, 2.45) is 0 Å². The number of aromatic nitrogens is 2. The fourth-order valence-electron chi connectivity index (χ4n) is 1.70. The summed E-state index contributed by atoms with van der Waals surface area (Å²) in [5.41, 5.74) is -0.0683. The molecule has 0 aromatic carbocycles. The van der Waals surface area contributed by atoms with Crippen LogP contribution in [0.3, 0.4) is 0 Å². The normalized spacial score (nSPS) is 15.1. The van der Waals surface area contributed by atoms with E-state index in [1.54, 1.807) is 0 Å². The maximum atomic E-state index is 11.1. The van der Waals surface area contributed by atoms with E-state index >= 15 is 0 Å². The summed E-state index contributed by atoms with van der Waals surface area (Å²) in [5, 5.41) is 17.0. The van der Waals surface area contributed by atoms with Gasteiger partial charge in [0.25, 0.3) is 0 Å². The number of rotatable bonds is 5. The van der Waals surface area contributed by atoms with Crippen LogP contribution in [0.4, 0.5) is 17.3 Å². The van der Waals surface area contributed by atoms with Crippen LogP contribution in [0.15, 0.2) is 6.33 Å². The van der Waals surface area contributed by atoms with E-state index in [0.717, 1.165) is 19.3 Å². The molecule has 0 spiro atoms. The predicted octanol–water partition coefficient (Wildman–Crippen LogP) is 1.78. The van der Waals surface area contributed by atoms with Gasteiger partial charge in [0.15, 0.2) is 0 Å². The van der Waals surface area contributed by atoms with Gasteiger partial charge in [-0.2, -0.15) is 0 Å². The van der Waals surface area contributed by atoms with Crippen molar-refractivity contribution >= 4 is 17.3 Å². The monoisotopic (exact) mass is 237 g/mol. The summed E-state index contributed by atoms with van der Waals surface area (Å²) in [4.78, 5) is 18.5. The van der Waals surface area contributed by atoms with E-state index in [0.29, 0.717) is 18.4 Å². The van der Waals surface area contributed by atoms with Crippen molar-refractivity contribution in [3.05, 3.63) is 16.4 Å². The second-order valence-corrected chi connectivity index (χ2v) is 3.98. The number of nitrogens with zero attached hydrogens (tertiary/aromatic N) is 3. The van der Waals surface area contributed by atoms with Crippen LogP contribution < -0.4 is 10.6 Å². The van der Waals surface area contributed by atoms with E-state index in [4.69, 9.17) is 0 Å². The van der Waals surface area contributed by atoms with Gasteiger partial charge in [-0.15, -0.1) is 0 Å². The molecule has 2 rings (SSSR count). The Morgan fingerprint density at radius 1 is 1.47 bits per heavy atom. The molecule has 0 aliphatic heterocycles. The molecular weight excluding hydrogens is 222 g/mol. The van der Waals surface area contributed by atoms with Gasteiger partial charge in [-0.25, -0.2) is 9.97 Å². The molecule has 1 aromatic rings. The highest BCUT2D eigenvalue weighted by molar-refractivity contribution is 5.69. The Balaban J connectivity index is 2.28. The van der Waals surface area contributed by atoms with Crippen molar-refractivity contribution in [3.63, 3.8) is 0 Å². The lowest BCUT2D eigenvalue weighted by Crippen LogP contribution is -2.28. The van der Waals surface area contributed by atoms with Crippen molar-refractivity contribution in [2.45, 2.75) is 32.2 Å². The summed E-state index contributed by atoms with van der Waals surface area (Å²) in [5.74, 6) is 0.583. The smallest absolute Gasteiger partial charge is 0.353 e. The average Bonchev–Trinajstić information content (AvgIpc) is 2.23. The highest BCUT2D eigenvalue weighted by Crippen LogP contribution is 2.31. The van der Waals surface area contributed by atoms with Crippen molar-refractivity contribution < 1.29 is 4.92 Å². The van der Waals surface area contributed by atoms with Gasteiger partial charge in [-0.1, -0.05) is 0 Å². The van der Waals surface area contributed by atoms with Crippen molar-refractivity contribution in [1.82, 2.24) is 9.97 Å². The molecule has 1 aliphatic carbocycles. The van der Waals surface area contributed by atoms with Gasteiger partial charge in [0.1, 0.15) is 6.33 Å². The molecular formula is C10H15N5O2. The maximum Gasteiger partial charge on any atom is 0.353 e. The van der Waals surface area contributed by atoms with Crippen LogP contribution in [0.2, 0.25) is 0 Å². The largest absolute Gasteiger partial charge is 0.364 e. The van der Waals surface area contributed by atoms with Gasteiger partial charge < -0.3 is 10.6 Å². The van der Waals surface area contributed by atoms with E-state index < -0.39 is 4.92 Å². The number of anilines is 2. The molecule has 92 valence electrons. The molecule has 0 unspecified atom stereocenters. The summed E-state index contributed by atoms with van der Waals surface area (Å²) < 4.78 is 0. The Hall–Kier alpha value is -1.92. The van der Waals surface area contributed by atoms with Crippen molar-refractivity contribution in [1.29, 1.82) is 0 Å². The van der Waals surface area contributed by atoms with Crippen LogP contribution in [0, 0.1) is 10.1 Å². The minimum atomic E-state index is -0.445. The van der Waals surface area contributed by atoms with E-state index in [1.807, 2.05) is 6.92 Å². The minimum absolute atomic E-state index is 0.0683. The van der Waals surface area contributed by atoms with Gasteiger partial charge in [0.2, 0.25) is 11.6 Å². The van der Waals surface area contributed by atoms with E-state index in [9.17, 15) is 10.1 Å². The first-order valence-corrected chi connectivity index (χ1v) is 5.72. The van der Waals surface area contributed by atoms with Crippen molar-refractivity contribution in [2.75, 3.05) is 17.2 Å². The van der Waals surface area contributed by atoms with E-state index in [1.165, 1.54) is 6.33 Å². The second kappa shape index (κ2) is 4.94. The second-order valence-electron chi connectivity index (χ2n) is 3.98. The molecule has 7 heteroatoms. The zero-order valence-electron chi connectivity index (χ0n) is 9.64. The third kappa shape index (κ3) is 2.43. The molecule has 1 fully saturated rings. The molecule has 1 aromatic heterocycles. The highest BCUT2D eigenvalue weighted by atomic mass is 16.6. The standard InChI is InChI=1S/C10H15N5O2/c1-2-11-9-8(15(16)17)10(13-6-12-9)14-7-4-3-5-7/h6-7H,2-5H2,1H3,(H2,11,12,13,14). The lowest BCUT2D eigenvalue weighted by molar-refractivity contribution is -0.383. The number of nitrogens with one attached hydrogen (secondary N) is 2. The third-order valence-electron chi connectivity index (χ3n) is 2.80. The van der Waals surface area contributed by atoms with Gasteiger partial charge in [0, 0.05) is 12.6 Å². The molecule has 1 saturated carbocycles. The molecule has 1 aliphatic rings. The first-order chi connectivity index (χ1) is 8.22. The van der Waals surface area contributed by atoms with Gasteiger partial charge in [-0.3, -0.25) is 10.1 Å². The maximum absolute atomic E-state index is 11.1. The minimum Gasteiger partial charge on any atom is -0.364 e. The lowest BCUT2D eigenvalue weighted by Gasteiger charge is -2.26. The van der Waals surface area contributed by atoms with Crippen molar-refractivity contribution in [3.8, 4) is 0 Å². The van der Waals surface area contributed by atoms with Crippen LogP contribution in [0.25, 0.3) is 0 Å². The Morgan fingerprint density at radius 2 is 2.18 bits per heavy atom. The van der Waals surface area contributed by atoms with E-state index in [-0.39, 0.29) is 11.5 Å². The summed E-state index contributed by atoms with van der Waals surface area (Å²) in [6, 6.07) is 0.304. The molecule has 0 amide bonds. The molecule has 7 nitrogen and oxygen atoms in total. The first-order valence-electron chi connectivity index (χ1n) is 5.72. The van der Waals surface area contributed by atoms with Gasteiger partial charge in [-0.05, 0) is 26.2 Å². The molecule has 0 radical (unpaired) electrons. The summed E-state index contributed by atoms with van der Waals surface area (Å²) in [7, 11) is 0. The molecule has 0 bridgehead atoms. The number of nitro groups is 1. The van der Waals surface area contributed by atoms with Crippen LogP contribution >= 0.6 is 0 Å². The number of hydrogen-bond donors (Lipinski definition) is 2. The summed E-state index contributed by atoms with van der Waals surface area (Å²) in [6.45, 7) is 2.45. The van der Waals surface area contributed by atoms with Crippen LogP contribution in [-0.4, -0.2) is 27.5 Å². The SMILES string of the molecule is CCNc1ncnc(NC2CCC2)c1[N+](=O)[O-]. The topological polar surface area (TPSA) is 93.0 Å². The first kappa shape index (κ1) is 11.6. The van der Waals surface area contributed by atoms with Crippen LogP contribution in [0.5, 0.6) is 0 Å². The van der Waals surface area contributed by atoms with Crippen LogP contribution in [-0.2, 0) is 0 Å². The predicted molar refractivity (Wildman–Crippen MR) is 64.1 cm³/mol. The summed E-state index contributed by atoms with van der Waals surface area (Å²) >= 11 is 0. The van der Waals surface area contributed by atoms with Crippen LogP contribution in [0.1, 0.15) is 26.2 Å².